The highest BCUT2D eigenvalue weighted by atomic mass is 32.1. The first-order valence-corrected chi connectivity index (χ1v) is 25.9. The second-order valence-corrected chi connectivity index (χ2v) is 19.2. The van der Waals surface area contributed by atoms with Gasteiger partial charge in [0.2, 0.25) is 0 Å². The minimum Gasteiger partial charge on any atom is -0.456 e. The molecule has 0 radical (unpaired) electrons. The molecule has 2 heteroatoms. The lowest BCUT2D eigenvalue weighted by molar-refractivity contribution is 0.669. The Morgan fingerprint density at radius 1 is 0.352 bits per heavy atom. The average Bonchev–Trinajstić information content (AvgIpc) is 3.98. The third kappa shape index (κ3) is 10.3. The van der Waals surface area contributed by atoms with Gasteiger partial charge in [0.15, 0.2) is 0 Å². The molecular formula is C69H62OS. The first kappa shape index (κ1) is 48.3. The SMILES string of the molecule is CC.CCc1ccc(-c2ccccc2)cc1.Cc1ccc(-c2cccc3oc4ccccc4c23)cc1.Cc1ccc2c(c1)sc1cc(-c3cccc(-c4cccc(-c5ccccc5C)c4C)c3C)ccc12. The number of hydrogen-bond donors (Lipinski definition) is 0. The summed E-state index contributed by atoms with van der Waals surface area (Å²) in [6, 6.07) is 78.2. The molecule has 10 aromatic carbocycles. The van der Waals surface area contributed by atoms with E-state index < -0.39 is 0 Å². The van der Waals surface area contributed by atoms with Crippen LogP contribution in [-0.2, 0) is 6.42 Å². The topological polar surface area (TPSA) is 13.1 Å². The summed E-state index contributed by atoms with van der Waals surface area (Å²) in [6.45, 7) is 17.2. The van der Waals surface area contributed by atoms with Crippen LogP contribution in [0.15, 0.2) is 223 Å². The van der Waals surface area contributed by atoms with E-state index in [9.17, 15) is 0 Å². The summed E-state index contributed by atoms with van der Waals surface area (Å²) >= 11 is 1.89. The number of benzene rings is 10. The molecule has 0 spiro atoms. The summed E-state index contributed by atoms with van der Waals surface area (Å²) < 4.78 is 8.66. The fourth-order valence-corrected chi connectivity index (χ4v) is 10.9. The maximum atomic E-state index is 5.94. The first-order valence-electron chi connectivity index (χ1n) is 25.0. The maximum Gasteiger partial charge on any atom is 0.136 e. The van der Waals surface area contributed by atoms with Gasteiger partial charge in [0.05, 0.1) is 0 Å². The van der Waals surface area contributed by atoms with E-state index in [2.05, 4.69) is 236 Å². The van der Waals surface area contributed by atoms with Gasteiger partial charge in [-0.25, -0.2) is 0 Å². The zero-order chi connectivity index (χ0) is 49.4. The molecule has 0 fully saturated rings. The summed E-state index contributed by atoms with van der Waals surface area (Å²) in [5, 5.41) is 5.09. The van der Waals surface area contributed by atoms with Crippen molar-refractivity contribution in [3.63, 3.8) is 0 Å². The van der Waals surface area contributed by atoms with E-state index in [0.29, 0.717) is 0 Å². The van der Waals surface area contributed by atoms with Crippen molar-refractivity contribution in [1.29, 1.82) is 0 Å². The van der Waals surface area contributed by atoms with E-state index >= 15 is 0 Å². The largest absolute Gasteiger partial charge is 0.456 e. The number of hydrogen-bond acceptors (Lipinski definition) is 2. The molecule has 12 aromatic rings. The van der Waals surface area contributed by atoms with Gasteiger partial charge in [-0.3, -0.25) is 0 Å². The standard InChI is InChI=1S/C34H28S.C19H14O.C14H14.C2H6/c1-21-15-17-31-32-18-16-25(20-34(32)35-33(31)19-21)27-11-7-13-29(23(27)3)30-14-8-12-28(24(30)4)26-10-6-5-9-22(26)2;1-13-9-11-14(12-10-13)15-6-4-8-18-19(15)16-5-2-3-7-17(16)20-18;1-2-12-8-10-14(11-9-12)13-6-4-3-5-7-13;1-2/h5-20H,1-4H3;2-12H,1H3;3-11H,2H2,1H3;1-2H3. The predicted octanol–water partition coefficient (Wildman–Crippen LogP) is 20.8. The van der Waals surface area contributed by atoms with Crippen molar-refractivity contribution < 1.29 is 4.42 Å². The van der Waals surface area contributed by atoms with E-state index in [1.165, 1.54) is 120 Å². The number of rotatable bonds is 6. The van der Waals surface area contributed by atoms with Crippen molar-refractivity contribution in [1.82, 2.24) is 0 Å². The Morgan fingerprint density at radius 3 is 1.55 bits per heavy atom. The zero-order valence-electron chi connectivity index (χ0n) is 42.3. The van der Waals surface area contributed by atoms with Crippen molar-refractivity contribution in [3.05, 3.63) is 252 Å². The van der Waals surface area contributed by atoms with Crippen LogP contribution in [0.1, 0.15) is 54.2 Å². The highest BCUT2D eigenvalue weighted by Gasteiger charge is 2.16. The molecule has 71 heavy (non-hydrogen) atoms. The molecular weight excluding hydrogens is 877 g/mol. The molecule has 0 aliphatic carbocycles. The summed E-state index contributed by atoms with van der Waals surface area (Å²) in [5.41, 5.74) is 22.7. The van der Waals surface area contributed by atoms with Crippen LogP contribution in [0, 0.1) is 34.6 Å². The van der Waals surface area contributed by atoms with E-state index in [1.807, 2.05) is 49.4 Å². The number of para-hydroxylation sites is 1. The predicted molar refractivity (Wildman–Crippen MR) is 311 cm³/mol. The van der Waals surface area contributed by atoms with Gasteiger partial charge in [-0.2, -0.15) is 0 Å². The van der Waals surface area contributed by atoms with Crippen molar-refractivity contribution in [2.24, 2.45) is 0 Å². The van der Waals surface area contributed by atoms with Gasteiger partial charge >= 0.3 is 0 Å². The van der Waals surface area contributed by atoms with Gasteiger partial charge in [-0.1, -0.05) is 220 Å². The lowest BCUT2D eigenvalue weighted by Crippen LogP contribution is -1.93. The van der Waals surface area contributed by atoms with Crippen molar-refractivity contribution in [2.75, 3.05) is 0 Å². The molecule has 0 aliphatic heterocycles. The Hall–Kier alpha value is -7.78. The van der Waals surface area contributed by atoms with Gasteiger partial charge in [0.1, 0.15) is 11.2 Å². The van der Waals surface area contributed by atoms with Crippen LogP contribution in [0.2, 0.25) is 0 Å². The van der Waals surface area contributed by atoms with E-state index in [1.54, 1.807) is 0 Å². The van der Waals surface area contributed by atoms with Crippen LogP contribution in [0.4, 0.5) is 0 Å². The van der Waals surface area contributed by atoms with Gasteiger partial charge < -0.3 is 4.42 Å². The average molecular weight is 939 g/mol. The molecule has 0 saturated heterocycles. The molecule has 1 nitrogen and oxygen atoms in total. The number of aryl methyl sites for hydroxylation is 4. The second kappa shape index (κ2) is 21.9. The normalized spacial score (nSPS) is 10.9. The molecule has 0 unspecified atom stereocenters. The molecule has 0 aliphatic rings. The van der Waals surface area contributed by atoms with Gasteiger partial charge in [-0.15, -0.1) is 11.3 Å². The lowest BCUT2D eigenvalue weighted by Gasteiger charge is -2.17. The lowest BCUT2D eigenvalue weighted by atomic mass is 9.87. The molecule has 0 atom stereocenters. The Bertz CT molecular complexity index is 3740. The van der Waals surface area contributed by atoms with Crippen LogP contribution in [0.5, 0.6) is 0 Å². The van der Waals surface area contributed by atoms with Gasteiger partial charge in [0, 0.05) is 30.9 Å². The highest BCUT2D eigenvalue weighted by Crippen LogP contribution is 2.41. The molecule has 0 bridgehead atoms. The van der Waals surface area contributed by atoms with E-state index in [-0.39, 0.29) is 0 Å². The summed E-state index contributed by atoms with van der Waals surface area (Å²) in [7, 11) is 0. The minimum atomic E-state index is 0.946. The van der Waals surface area contributed by atoms with Crippen molar-refractivity contribution in [3.8, 4) is 55.6 Å². The molecule has 0 saturated carbocycles. The van der Waals surface area contributed by atoms with Crippen LogP contribution in [-0.4, -0.2) is 0 Å². The Kier molecular flexibility index (Phi) is 14.9. The van der Waals surface area contributed by atoms with Gasteiger partial charge in [0.25, 0.3) is 0 Å². The quantitative estimate of drug-likeness (QED) is 0.162. The Morgan fingerprint density at radius 2 is 0.845 bits per heavy atom. The number of fused-ring (bicyclic) bond motifs is 6. The fourth-order valence-electron chi connectivity index (χ4n) is 9.70. The fraction of sp³-hybridized carbons (Fsp3) is 0.130. The molecule has 12 rings (SSSR count). The first-order chi connectivity index (χ1) is 34.7. The summed E-state index contributed by atoms with van der Waals surface area (Å²) in [4.78, 5) is 0. The summed E-state index contributed by atoms with van der Waals surface area (Å²) in [5.74, 6) is 0. The van der Waals surface area contributed by atoms with E-state index in [4.69, 9.17) is 4.42 Å². The Labute approximate surface area is 424 Å². The number of thiophene rings is 1. The van der Waals surface area contributed by atoms with Crippen molar-refractivity contribution in [2.45, 2.75) is 61.8 Å². The van der Waals surface area contributed by atoms with Crippen molar-refractivity contribution >= 4 is 53.4 Å². The zero-order valence-corrected chi connectivity index (χ0v) is 43.1. The molecule has 0 amide bonds. The second-order valence-electron chi connectivity index (χ2n) is 18.1. The molecule has 0 N–H and O–H groups in total. The minimum absolute atomic E-state index is 0.946. The molecule has 2 aromatic heterocycles. The van der Waals surface area contributed by atoms with Crippen LogP contribution < -0.4 is 0 Å². The maximum absolute atomic E-state index is 5.94. The smallest absolute Gasteiger partial charge is 0.136 e. The summed E-state index contributed by atoms with van der Waals surface area (Å²) in [6.07, 6.45) is 1.11. The third-order valence-corrected chi connectivity index (χ3v) is 14.7. The van der Waals surface area contributed by atoms with Gasteiger partial charge in [-0.05, 0) is 149 Å². The van der Waals surface area contributed by atoms with Crippen LogP contribution >= 0.6 is 11.3 Å². The van der Waals surface area contributed by atoms with E-state index in [0.717, 1.165) is 17.6 Å². The molecule has 2 heterocycles. The monoisotopic (exact) mass is 938 g/mol. The third-order valence-electron chi connectivity index (χ3n) is 13.6. The highest BCUT2D eigenvalue weighted by molar-refractivity contribution is 7.25. The Balaban J connectivity index is 0.000000145. The van der Waals surface area contributed by atoms with Crippen LogP contribution in [0.3, 0.4) is 0 Å². The molecule has 350 valence electrons. The number of furan rings is 1. The van der Waals surface area contributed by atoms with Crippen LogP contribution in [0.25, 0.3) is 97.7 Å².